The third kappa shape index (κ3) is 3.97. The Hall–Kier alpha value is -0.750. The fourth-order valence-electron chi connectivity index (χ4n) is 0.526. The Kier molecular flexibility index (Phi) is 6.31. The van der Waals surface area contributed by atoms with Crippen LogP contribution in [0.4, 0.5) is 0 Å². The minimum absolute atomic E-state index is 0.357. The highest BCUT2D eigenvalue weighted by Crippen LogP contribution is 2.13. The van der Waals surface area contributed by atoms with Crippen LogP contribution in [-0.2, 0) is 9.53 Å². The molecule has 0 aromatic heterocycles. The third-order valence-electron chi connectivity index (χ3n) is 1.29. The van der Waals surface area contributed by atoms with Crippen molar-refractivity contribution in [3.8, 4) is 0 Å². The number of nitroso groups, excluding NO2 is 1. The van der Waals surface area contributed by atoms with Gasteiger partial charge in [-0.05, 0) is 18.4 Å². The van der Waals surface area contributed by atoms with E-state index in [-0.39, 0.29) is 5.88 Å². The van der Waals surface area contributed by atoms with Crippen LogP contribution in [0.2, 0.25) is 0 Å². The molecule has 0 saturated heterocycles. The van der Waals surface area contributed by atoms with Crippen LogP contribution in [0, 0.1) is 4.91 Å². The number of aliphatic hydroxyl groups is 1. The Bertz CT molecular complexity index is 256. The first-order valence-corrected chi connectivity index (χ1v) is 5.44. The van der Waals surface area contributed by atoms with Gasteiger partial charge in [0, 0.05) is 0 Å². The number of hydrogen-bond donors (Lipinski definition) is 1. The smallest absolute Gasteiger partial charge is 0.365 e. The second-order valence-electron chi connectivity index (χ2n) is 2.23. The number of thioether (sulfide) groups is 1. The largest absolute Gasteiger partial charge is 0.508 e. The highest BCUT2D eigenvalue weighted by molar-refractivity contribution is 7.99. The molecule has 0 radical (unpaired) electrons. The van der Waals surface area contributed by atoms with Gasteiger partial charge in [-0.15, -0.1) is 28.3 Å². The van der Waals surface area contributed by atoms with E-state index >= 15 is 0 Å². The van der Waals surface area contributed by atoms with Crippen LogP contribution in [0.3, 0.4) is 0 Å². The number of esters is 1. The van der Waals surface area contributed by atoms with E-state index in [0.29, 0.717) is 0 Å². The molecule has 0 aliphatic carbocycles. The van der Waals surface area contributed by atoms with E-state index in [1.54, 1.807) is 13.2 Å². The Balaban J connectivity index is 4.56. The van der Waals surface area contributed by atoms with Crippen LogP contribution in [-0.4, -0.2) is 28.6 Å². The lowest BCUT2D eigenvalue weighted by Gasteiger charge is -2.09. The molecule has 1 atom stereocenters. The Morgan fingerprint density at radius 2 is 2.29 bits per heavy atom. The molecule has 0 saturated carbocycles. The molecule has 0 fully saturated rings. The van der Waals surface area contributed by atoms with Crippen molar-refractivity contribution in [3.05, 3.63) is 16.4 Å². The summed E-state index contributed by atoms with van der Waals surface area (Å²) in [5.41, 5.74) is -1.09. The summed E-state index contributed by atoms with van der Waals surface area (Å²) >= 11 is 6.50. The molecule has 0 amide bonds. The molecule has 80 valence electrons. The van der Waals surface area contributed by atoms with Crippen molar-refractivity contribution in [3.63, 3.8) is 0 Å². The van der Waals surface area contributed by atoms with Crippen molar-refractivity contribution in [1.82, 2.24) is 0 Å². The molecule has 0 heterocycles. The fourth-order valence-corrected chi connectivity index (χ4v) is 0.836. The number of nitrogens with zero attached hydrogens (tertiary/aromatic N) is 1. The number of alkyl halides is 1. The predicted octanol–water partition coefficient (Wildman–Crippen LogP) is 2.01. The maximum atomic E-state index is 11.1. The molecule has 7 heteroatoms. The van der Waals surface area contributed by atoms with Crippen LogP contribution >= 0.6 is 23.4 Å². The molecule has 5 nitrogen and oxygen atoms in total. The first kappa shape index (κ1) is 13.2. The van der Waals surface area contributed by atoms with Gasteiger partial charge in [0.15, 0.2) is 0 Å². The van der Waals surface area contributed by atoms with Gasteiger partial charge in [0.05, 0.1) is 5.88 Å². The van der Waals surface area contributed by atoms with Crippen LogP contribution in [0.25, 0.3) is 0 Å². The minimum atomic E-state index is -0.972. The second kappa shape index (κ2) is 6.67. The number of halogens is 1. The summed E-state index contributed by atoms with van der Waals surface area (Å²) in [6.07, 6.45) is 1.73. The molecule has 0 rings (SSSR count). The Morgan fingerprint density at radius 3 is 2.64 bits per heavy atom. The molecule has 1 N–H and O–H groups in total. The van der Waals surface area contributed by atoms with Gasteiger partial charge in [-0.1, -0.05) is 0 Å². The van der Waals surface area contributed by atoms with Crippen LogP contribution < -0.4 is 0 Å². The number of allylic oxidation sites excluding steroid dienone is 1. The van der Waals surface area contributed by atoms with E-state index < -0.39 is 22.9 Å². The van der Waals surface area contributed by atoms with Crippen molar-refractivity contribution in [2.45, 2.75) is 12.4 Å². The summed E-state index contributed by atoms with van der Waals surface area (Å²) in [7, 11) is 0. The van der Waals surface area contributed by atoms with E-state index in [4.69, 9.17) is 21.4 Å². The van der Waals surface area contributed by atoms with Gasteiger partial charge < -0.3 is 9.84 Å². The predicted molar refractivity (Wildman–Crippen MR) is 55.2 cm³/mol. The molecule has 1 unspecified atom stereocenters. The van der Waals surface area contributed by atoms with Gasteiger partial charge in [0.1, 0.15) is 11.2 Å². The van der Waals surface area contributed by atoms with Gasteiger partial charge in [-0.3, -0.25) is 0 Å². The average molecular weight is 240 g/mol. The zero-order valence-corrected chi connectivity index (χ0v) is 9.26. The van der Waals surface area contributed by atoms with Crippen molar-refractivity contribution >= 4 is 29.3 Å². The lowest BCUT2D eigenvalue weighted by molar-refractivity contribution is -0.140. The summed E-state index contributed by atoms with van der Waals surface area (Å²) < 4.78 is 4.73. The van der Waals surface area contributed by atoms with Crippen LogP contribution in [0.5, 0.6) is 0 Å². The van der Waals surface area contributed by atoms with E-state index in [9.17, 15) is 9.70 Å². The minimum Gasteiger partial charge on any atom is -0.508 e. The average Bonchev–Trinajstić information content (AvgIpc) is 2.18. The summed E-state index contributed by atoms with van der Waals surface area (Å²) in [6, 6.07) is 0. The van der Waals surface area contributed by atoms with Gasteiger partial charge in [0.25, 0.3) is 0 Å². The number of hydrogen-bond acceptors (Lipinski definition) is 6. The van der Waals surface area contributed by atoms with Gasteiger partial charge in [0.2, 0.25) is 5.70 Å². The van der Waals surface area contributed by atoms with Crippen molar-refractivity contribution in [2.75, 3.05) is 12.1 Å². The SMILES string of the molecule is CSC(C)OC(=O)C(N=O)=C(O)CCl. The highest BCUT2D eigenvalue weighted by Gasteiger charge is 2.19. The number of carbonyl (C=O) groups is 1. The second-order valence-corrected chi connectivity index (χ2v) is 3.63. The number of carbonyl (C=O) groups excluding carboxylic acids is 1. The third-order valence-corrected chi connectivity index (χ3v) is 2.30. The van der Waals surface area contributed by atoms with Crippen LogP contribution in [0.15, 0.2) is 16.6 Å². The molecule has 0 spiro atoms. The molecule has 0 aliphatic rings. The first-order valence-electron chi connectivity index (χ1n) is 3.62. The Labute approximate surface area is 90.4 Å². The number of ether oxygens (including phenoxy) is 1. The monoisotopic (exact) mass is 239 g/mol. The quantitative estimate of drug-likeness (QED) is 0.198. The maximum absolute atomic E-state index is 11.1. The topological polar surface area (TPSA) is 76.0 Å². The summed E-state index contributed by atoms with van der Waals surface area (Å²) in [5, 5.41) is 11.4. The zero-order chi connectivity index (χ0) is 11.1. The van der Waals surface area contributed by atoms with E-state index in [1.807, 2.05) is 0 Å². The lowest BCUT2D eigenvalue weighted by atomic mass is 10.4. The zero-order valence-electron chi connectivity index (χ0n) is 7.69. The molecule has 14 heavy (non-hydrogen) atoms. The van der Waals surface area contributed by atoms with Crippen molar-refractivity contribution in [1.29, 1.82) is 0 Å². The molecule has 0 aliphatic heterocycles. The van der Waals surface area contributed by atoms with Crippen LogP contribution in [0.1, 0.15) is 6.92 Å². The van der Waals surface area contributed by atoms with Gasteiger partial charge >= 0.3 is 5.97 Å². The maximum Gasteiger partial charge on any atom is 0.365 e. The Morgan fingerprint density at radius 1 is 1.71 bits per heavy atom. The fraction of sp³-hybridized carbons (Fsp3) is 0.571. The highest BCUT2D eigenvalue weighted by atomic mass is 35.5. The first-order chi connectivity index (χ1) is 6.56. The summed E-state index contributed by atoms with van der Waals surface area (Å²) in [4.78, 5) is 21.3. The molecular weight excluding hydrogens is 230 g/mol. The van der Waals surface area contributed by atoms with E-state index in [1.165, 1.54) is 11.8 Å². The van der Waals surface area contributed by atoms with Crippen molar-refractivity contribution < 1.29 is 14.6 Å². The van der Waals surface area contributed by atoms with E-state index in [0.717, 1.165) is 0 Å². The molecule has 0 aromatic rings. The molecule has 0 aromatic carbocycles. The number of aliphatic hydroxyl groups excluding tert-OH is 1. The van der Waals surface area contributed by atoms with Gasteiger partial charge in [-0.2, -0.15) is 0 Å². The normalized spacial score (nSPS) is 14.2. The molecule has 0 bridgehead atoms. The van der Waals surface area contributed by atoms with Crippen molar-refractivity contribution in [2.24, 2.45) is 5.18 Å². The van der Waals surface area contributed by atoms with Gasteiger partial charge in [-0.25, -0.2) is 4.79 Å². The summed E-state index contributed by atoms with van der Waals surface area (Å²) in [6.45, 7) is 1.63. The number of rotatable bonds is 5. The lowest BCUT2D eigenvalue weighted by Crippen LogP contribution is -2.14. The standard InChI is InChI=1S/C7H10ClNO4S/c1-4(14-2)13-7(11)6(9-12)5(10)3-8/h4,10H,3H2,1-2H3. The summed E-state index contributed by atoms with van der Waals surface area (Å²) in [5.74, 6) is -1.91. The van der Waals surface area contributed by atoms with E-state index in [2.05, 4.69) is 5.18 Å². The molecular formula is C7H10ClNO4S.